The van der Waals surface area contributed by atoms with Crippen LogP contribution in [-0.2, 0) is 13.3 Å². The van der Waals surface area contributed by atoms with E-state index in [-0.39, 0.29) is 29.6 Å². The average molecular weight is 342 g/mol. The van der Waals surface area contributed by atoms with Crippen molar-refractivity contribution in [3.63, 3.8) is 0 Å². The molecule has 0 aliphatic rings. The van der Waals surface area contributed by atoms with Gasteiger partial charge in [-0.1, -0.05) is 0 Å². The maximum absolute atomic E-state index is 7.56. The van der Waals surface area contributed by atoms with Crippen molar-refractivity contribution in [2.45, 2.75) is 20.8 Å². The SMILES string of the molecule is CCO[SiH](OCC)OCC.NC(O)=S.NC(O)=S.[NaH]. The van der Waals surface area contributed by atoms with Crippen molar-refractivity contribution >= 4 is 73.9 Å². The molecule has 0 spiro atoms. The Labute approximate surface area is 148 Å². The van der Waals surface area contributed by atoms with Crippen LogP contribution in [0.15, 0.2) is 0 Å². The van der Waals surface area contributed by atoms with Crippen LogP contribution in [0.5, 0.6) is 0 Å². The molecule has 7 nitrogen and oxygen atoms in total. The fourth-order valence-corrected chi connectivity index (χ4v) is 1.66. The second kappa shape index (κ2) is 23.6. The van der Waals surface area contributed by atoms with Crippen molar-refractivity contribution in [3.05, 3.63) is 0 Å². The van der Waals surface area contributed by atoms with Crippen LogP contribution >= 0.6 is 24.4 Å². The molecule has 0 aliphatic heterocycles. The fraction of sp³-hybridized carbons (Fsp3) is 0.750. The first-order valence-electron chi connectivity index (χ1n) is 5.13. The van der Waals surface area contributed by atoms with Crippen LogP contribution in [0.25, 0.3) is 0 Å². The minimum atomic E-state index is -1.73. The van der Waals surface area contributed by atoms with Crippen LogP contribution < -0.4 is 11.5 Å². The van der Waals surface area contributed by atoms with Crippen LogP contribution in [0.2, 0.25) is 0 Å². The van der Waals surface area contributed by atoms with Gasteiger partial charge in [-0.05, 0) is 45.2 Å². The first-order valence-corrected chi connectivity index (χ1v) is 7.36. The number of aliphatic hydroxyl groups excluding tert-OH is 2. The molecule has 11 heteroatoms. The Bertz CT molecular complexity index is 183. The van der Waals surface area contributed by atoms with Crippen molar-refractivity contribution in [1.82, 2.24) is 0 Å². The van der Waals surface area contributed by atoms with Gasteiger partial charge in [0.25, 0.3) is 10.3 Å². The second-order valence-electron chi connectivity index (χ2n) is 2.33. The van der Waals surface area contributed by atoms with Crippen molar-refractivity contribution < 1.29 is 23.5 Å². The van der Waals surface area contributed by atoms with E-state index in [0.717, 1.165) is 0 Å². The standard InChI is InChI=1S/C6H16O3Si.2CH3NOS.Na.H/c1-4-7-10(8-5-2)9-6-3;2*2-1(3)4;;/h10H,4-6H2,1-3H3;2*(H3,2,3,4);;. The van der Waals surface area contributed by atoms with E-state index in [0.29, 0.717) is 19.8 Å². The van der Waals surface area contributed by atoms with Crippen LogP contribution in [-0.4, -0.2) is 79.5 Å². The summed E-state index contributed by atoms with van der Waals surface area (Å²) >= 11 is 7.74. The first kappa shape index (κ1) is 27.8. The van der Waals surface area contributed by atoms with Crippen molar-refractivity contribution in [1.29, 1.82) is 0 Å². The Kier molecular flexibility index (Phi) is 34.4. The zero-order valence-electron chi connectivity index (χ0n) is 10.8. The zero-order chi connectivity index (χ0) is 15.0. The zero-order valence-corrected chi connectivity index (χ0v) is 13.6. The Hall–Kier alpha value is 0.477. The molecule has 0 fully saturated rings. The quantitative estimate of drug-likeness (QED) is 0.382. The van der Waals surface area contributed by atoms with Gasteiger partial charge in [-0.3, -0.25) is 0 Å². The predicted molar refractivity (Wildman–Crippen MR) is 88.0 cm³/mol. The van der Waals surface area contributed by atoms with Crippen LogP contribution in [0.3, 0.4) is 0 Å². The number of rotatable bonds is 6. The van der Waals surface area contributed by atoms with Gasteiger partial charge >= 0.3 is 39.1 Å². The summed E-state index contributed by atoms with van der Waals surface area (Å²) in [6.07, 6.45) is 0. The van der Waals surface area contributed by atoms with Crippen LogP contribution in [0, 0.1) is 0 Å². The average Bonchev–Trinajstić information content (AvgIpc) is 2.17. The molecule has 6 N–H and O–H groups in total. The van der Waals surface area contributed by atoms with Crippen LogP contribution in [0.1, 0.15) is 20.8 Å². The summed E-state index contributed by atoms with van der Waals surface area (Å²) in [6, 6.07) is 0. The molecule has 0 aromatic heterocycles. The number of hydrogen-bond acceptors (Lipinski definition) is 5. The van der Waals surface area contributed by atoms with Gasteiger partial charge in [-0.25, -0.2) is 0 Å². The molecule has 19 heavy (non-hydrogen) atoms. The van der Waals surface area contributed by atoms with Gasteiger partial charge in [-0.15, -0.1) is 0 Å². The molecular weight excluding hydrogens is 319 g/mol. The first-order chi connectivity index (χ1) is 8.31. The van der Waals surface area contributed by atoms with E-state index in [1.807, 2.05) is 20.8 Å². The Morgan fingerprint density at radius 2 is 1.05 bits per heavy atom. The number of thiocarbonyl (C=S) groups is 2. The third kappa shape index (κ3) is 55.9. The molecule has 0 bridgehead atoms. The van der Waals surface area contributed by atoms with E-state index in [1.54, 1.807) is 0 Å². The molecule has 0 unspecified atom stereocenters. The van der Waals surface area contributed by atoms with E-state index in [9.17, 15) is 0 Å². The van der Waals surface area contributed by atoms with E-state index in [1.165, 1.54) is 0 Å². The predicted octanol–water partition coefficient (Wildman–Crippen LogP) is -0.259. The van der Waals surface area contributed by atoms with E-state index < -0.39 is 19.9 Å². The molecule has 0 radical (unpaired) electrons. The van der Waals surface area contributed by atoms with Gasteiger partial charge < -0.3 is 35.0 Å². The molecule has 0 atom stereocenters. The van der Waals surface area contributed by atoms with Gasteiger partial charge in [0.2, 0.25) is 0 Å². The third-order valence-corrected chi connectivity index (χ3v) is 2.72. The van der Waals surface area contributed by atoms with Gasteiger partial charge in [0, 0.05) is 19.8 Å². The summed E-state index contributed by atoms with van der Waals surface area (Å²) in [5.41, 5.74) is 8.80. The molecule has 0 aromatic carbocycles. The molecule has 0 amide bonds. The summed E-state index contributed by atoms with van der Waals surface area (Å²) in [4.78, 5) is 0. The van der Waals surface area contributed by atoms with E-state index in [4.69, 9.17) is 23.5 Å². The molecular formula is C8H23N2NaO5S2Si. The normalized spacial score (nSPS) is 8.21. The molecule has 0 aromatic rings. The number of hydrogen-bond donors (Lipinski definition) is 4. The van der Waals surface area contributed by atoms with Gasteiger partial charge in [0.05, 0.1) is 0 Å². The van der Waals surface area contributed by atoms with E-state index >= 15 is 0 Å². The Balaban J connectivity index is -0.000000105. The topological polar surface area (TPSA) is 120 Å². The molecule has 0 rings (SSSR count). The summed E-state index contributed by atoms with van der Waals surface area (Å²) < 4.78 is 15.7. The van der Waals surface area contributed by atoms with Crippen molar-refractivity contribution in [2.24, 2.45) is 11.5 Å². The Morgan fingerprint density at radius 3 is 1.16 bits per heavy atom. The molecule has 0 aliphatic carbocycles. The van der Waals surface area contributed by atoms with Crippen molar-refractivity contribution in [2.75, 3.05) is 19.8 Å². The van der Waals surface area contributed by atoms with Gasteiger partial charge in [-0.2, -0.15) is 0 Å². The monoisotopic (exact) mass is 342 g/mol. The maximum atomic E-state index is 7.56. The second-order valence-corrected chi connectivity index (χ2v) is 4.75. The minimum absolute atomic E-state index is 0. The molecule has 0 heterocycles. The molecule has 112 valence electrons. The number of aliphatic hydroxyl groups is 2. The Morgan fingerprint density at radius 1 is 0.895 bits per heavy atom. The van der Waals surface area contributed by atoms with Gasteiger partial charge in [0.15, 0.2) is 0 Å². The summed E-state index contributed by atoms with van der Waals surface area (Å²) in [5, 5.41) is 14.1. The number of nitrogens with two attached hydrogens (primary N) is 2. The molecule has 0 saturated carbocycles. The third-order valence-electron chi connectivity index (χ3n) is 0.908. The van der Waals surface area contributed by atoms with E-state index in [2.05, 4.69) is 35.9 Å². The van der Waals surface area contributed by atoms with Gasteiger partial charge in [0.1, 0.15) is 0 Å². The van der Waals surface area contributed by atoms with Crippen molar-refractivity contribution in [3.8, 4) is 0 Å². The fourth-order valence-electron chi connectivity index (χ4n) is 0.553. The summed E-state index contributed by atoms with van der Waals surface area (Å²) in [5.74, 6) is 0. The van der Waals surface area contributed by atoms with Crippen LogP contribution in [0.4, 0.5) is 0 Å². The summed E-state index contributed by atoms with van der Waals surface area (Å²) in [7, 11) is -1.73. The molecule has 0 saturated heterocycles. The summed E-state index contributed by atoms with van der Waals surface area (Å²) in [6.45, 7) is 7.86.